The summed E-state index contributed by atoms with van der Waals surface area (Å²) < 4.78 is 27.1. The van der Waals surface area contributed by atoms with Crippen molar-refractivity contribution in [1.29, 1.82) is 0 Å². The fourth-order valence-corrected chi connectivity index (χ4v) is 5.57. The zero-order valence-electron chi connectivity index (χ0n) is 20.0. The van der Waals surface area contributed by atoms with Gasteiger partial charge in [0.25, 0.3) is 5.91 Å². The van der Waals surface area contributed by atoms with Crippen molar-refractivity contribution in [3.05, 3.63) is 27.7 Å². The topological polar surface area (TPSA) is 94.1 Å². The van der Waals surface area contributed by atoms with Gasteiger partial charge in [0.2, 0.25) is 0 Å². The molecule has 0 aromatic heterocycles. The molecule has 2 aliphatic heterocycles. The van der Waals surface area contributed by atoms with Crippen molar-refractivity contribution in [1.82, 2.24) is 9.62 Å². The van der Waals surface area contributed by atoms with Crippen LogP contribution in [0.2, 0.25) is 10.0 Å². The summed E-state index contributed by atoms with van der Waals surface area (Å²) in [6, 6.07) is 2.55. The molecule has 10 heteroatoms. The Morgan fingerprint density at radius 3 is 2.52 bits per heavy atom. The Kier molecular flexibility index (Phi) is 8.21. The van der Waals surface area contributed by atoms with Crippen molar-refractivity contribution in [3.63, 3.8) is 0 Å². The van der Waals surface area contributed by atoms with Crippen molar-refractivity contribution < 1.29 is 23.9 Å². The summed E-state index contributed by atoms with van der Waals surface area (Å²) in [5.41, 5.74) is 0.549. The van der Waals surface area contributed by atoms with E-state index in [0.29, 0.717) is 30.0 Å². The number of benzene rings is 1. The molecule has 33 heavy (non-hydrogen) atoms. The van der Waals surface area contributed by atoms with Crippen LogP contribution in [0.5, 0.6) is 5.75 Å². The van der Waals surface area contributed by atoms with Crippen molar-refractivity contribution in [2.45, 2.75) is 83.1 Å². The van der Waals surface area contributed by atoms with Crippen molar-refractivity contribution in [2.75, 3.05) is 13.2 Å². The lowest BCUT2D eigenvalue weighted by molar-refractivity contribution is -0.163. The molecule has 2 fully saturated rings. The summed E-state index contributed by atoms with van der Waals surface area (Å²) in [5.74, 6) is -0.834. The van der Waals surface area contributed by atoms with E-state index in [1.807, 2.05) is 32.6 Å². The predicted octanol–water partition coefficient (Wildman–Crippen LogP) is 4.57. The van der Waals surface area contributed by atoms with E-state index >= 15 is 0 Å². The van der Waals surface area contributed by atoms with Crippen LogP contribution in [0.15, 0.2) is 12.1 Å². The van der Waals surface area contributed by atoms with Gasteiger partial charge in [0.1, 0.15) is 10.5 Å². The second kappa shape index (κ2) is 10.1. The maximum absolute atomic E-state index is 13.1. The first kappa shape index (κ1) is 26.9. The third-order valence-electron chi connectivity index (χ3n) is 6.15. The number of phenols is 1. The number of nitrogens with zero attached hydrogens (tertiary/aromatic N) is 1. The van der Waals surface area contributed by atoms with Gasteiger partial charge in [-0.05, 0) is 66.4 Å². The van der Waals surface area contributed by atoms with E-state index in [9.17, 15) is 14.5 Å². The third-order valence-corrected chi connectivity index (χ3v) is 8.45. The van der Waals surface area contributed by atoms with E-state index in [-0.39, 0.29) is 35.2 Å². The number of rotatable bonds is 5. The second-order valence-electron chi connectivity index (χ2n) is 10.3. The van der Waals surface area contributed by atoms with Gasteiger partial charge in [-0.25, -0.2) is 0 Å². The Morgan fingerprint density at radius 2 is 1.97 bits per heavy atom. The zero-order chi connectivity index (χ0) is 24.7. The molecule has 0 aliphatic carbocycles. The molecule has 0 spiro atoms. The number of carbonyl (C=O) groups is 1. The Labute approximate surface area is 209 Å². The molecular formula is C23H34Cl2N2O5S. The normalized spacial score (nSPS) is 27.4. The minimum absolute atomic E-state index is 0.00213. The van der Waals surface area contributed by atoms with E-state index in [1.165, 1.54) is 6.07 Å². The van der Waals surface area contributed by atoms with Crippen molar-refractivity contribution in [2.24, 2.45) is 5.92 Å². The highest BCUT2D eigenvalue weighted by Crippen LogP contribution is 2.41. The lowest BCUT2D eigenvalue weighted by Crippen LogP contribution is -2.52. The molecule has 2 saturated heterocycles. The van der Waals surface area contributed by atoms with Crippen LogP contribution in [-0.2, 0) is 25.6 Å². The molecule has 7 nitrogen and oxygen atoms in total. The number of aromatic hydroxyl groups is 1. The molecule has 0 bridgehead atoms. The first-order chi connectivity index (χ1) is 15.2. The Hall–Kier alpha value is -0.740. The number of phenolic OH excluding ortho intramolecular Hbond substituents is 1. The maximum atomic E-state index is 13.1. The van der Waals surface area contributed by atoms with E-state index in [4.69, 9.17) is 32.7 Å². The third kappa shape index (κ3) is 6.28. The number of hydrogen-bond acceptors (Lipinski definition) is 6. The fraction of sp³-hybridized carbons (Fsp3) is 0.696. The van der Waals surface area contributed by atoms with Gasteiger partial charge in [0.15, 0.2) is 11.9 Å². The molecule has 1 aromatic carbocycles. The van der Waals surface area contributed by atoms with Gasteiger partial charge in [-0.1, -0.05) is 23.2 Å². The summed E-state index contributed by atoms with van der Waals surface area (Å²) in [6.45, 7) is 12.0. The Balaban J connectivity index is 1.81. The van der Waals surface area contributed by atoms with Crippen LogP contribution in [0, 0.1) is 5.92 Å². The highest BCUT2D eigenvalue weighted by atomic mass is 35.5. The van der Waals surface area contributed by atoms with Crippen LogP contribution in [-0.4, -0.2) is 56.3 Å². The predicted molar refractivity (Wildman–Crippen MR) is 131 cm³/mol. The van der Waals surface area contributed by atoms with Gasteiger partial charge in [-0.15, -0.1) is 4.72 Å². The van der Waals surface area contributed by atoms with Gasteiger partial charge < -0.3 is 24.0 Å². The van der Waals surface area contributed by atoms with Crippen LogP contribution >= 0.6 is 23.2 Å². The molecule has 2 N–H and O–H groups in total. The average Bonchev–Trinajstić information content (AvgIpc) is 3.07. The van der Waals surface area contributed by atoms with Gasteiger partial charge in [-0.3, -0.25) is 4.79 Å². The van der Waals surface area contributed by atoms with Gasteiger partial charge in [0.05, 0.1) is 22.7 Å². The Morgan fingerprint density at radius 1 is 1.33 bits per heavy atom. The molecule has 1 amide bonds. The minimum Gasteiger partial charge on any atom is -0.598 e. The van der Waals surface area contributed by atoms with E-state index in [2.05, 4.69) is 4.72 Å². The molecule has 0 radical (unpaired) electrons. The quantitative estimate of drug-likeness (QED) is 0.552. The SMILES string of the molecule is CC1CC([C@@H](N[S+]([O-])C(C)(C)C)c2cc(Cl)c(Cl)cc2O)CCN1C(=O)[C@H]1COC(C)(C)O1. The van der Waals surface area contributed by atoms with Crippen LogP contribution < -0.4 is 4.72 Å². The number of carbonyl (C=O) groups excluding carboxylic acids is 1. The van der Waals surface area contributed by atoms with Crippen LogP contribution in [0.1, 0.15) is 66.0 Å². The Bertz CT molecular complexity index is 879. The van der Waals surface area contributed by atoms with E-state index < -0.39 is 34.0 Å². The van der Waals surface area contributed by atoms with Crippen LogP contribution in [0.3, 0.4) is 0 Å². The molecule has 1 aromatic rings. The number of hydrogen-bond donors (Lipinski definition) is 2. The lowest BCUT2D eigenvalue weighted by Gasteiger charge is -2.42. The minimum atomic E-state index is -1.38. The smallest absolute Gasteiger partial charge is 0.254 e. The molecule has 2 aliphatic rings. The molecule has 3 rings (SSSR count). The van der Waals surface area contributed by atoms with Crippen LogP contribution in [0.25, 0.3) is 0 Å². The number of likely N-dealkylation sites (tertiary alicyclic amines) is 1. The monoisotopic (exact) mass is 520 g/mol. The summed E-state index contributed by atoms with van der Waals surface area (Å²) in [7, 11) is 0. The summed E-state index contributed by atoms with van der Waals surface area (Å²) in [6.07, 6.45) is 0.702. The summed E-state index contributed by atoms with van der Waals surface area (Å²) >= 11 is 11.0. The number of ether oxygens (including phenoxy) is 2. The molecule has 186 valence electrons. The first-order valence-corrected chi connectivity index (χ1v) is 13.1. The highest BCUT2D eigenvalue weighted by molar-refractivity contribution is 7.90. The van der Waals surface area contributed by atoms with E-state index in [1.54, 1.807) is 19.9 Å². The van der Waals surface area contributed by atoms with Crippen LogP contribution in [0.4, 0.5) is 0 Å². The number of piperidine rings is 1. The van der Waals surface area contributed by atoms with Gasteiger partial charge in [0, 0.05) is 35.6 Å². The molecule has 5 atom stereocenters. The number of amides is 1. The molecule has 0 saturated carbocycles. The van der Waals surface area contributed by atoms with Gasteiger partial charge >= 0.3 is 0 Å². The molecule has 3 unspecified atom stereocenters. The lowest BCUT2D eigenvalue weighted by atomic mass is 9.82. The van der Waals surface area contributed by atoms with Crippen molar-refractivity contribution in [3.8, 4) is 5.75 Å². The maximum Gasteiger partial charge on any atom is 0.254 e. The van der Waals surface area contributed by atoms with Crippen molar-refractivity contribution >= 4 is 40.5 Å². The number of halogens is 2. The first-order valence-electron chi connectivity index (χ1n) is 11.2. The van der Waals surface area contributed by atoms with Gasteiger partial charge in [-0.2, -0.15) is 0 Å². The summed E-state index contributed by atoms with van der Waals surface area (Å²) in [5, 5.41) is 11.2. The summed E-state index contributed by atoms with van der Waals surface area (Å²) in [4.78, 5) is 14.9. The standard InChI is InChI=1S/C23H34Cl2N2O5S/c1-13-9-14(7-8-27(13)21(29)19-12-31-23(5,6)32-19)20(26-33(30)22(2,3)4)15-10-16(24)17(25)11-18(15)28/h10-11,13-14,19-20,26,28H,7-9,12H2,1-6H3/t13?,14?,19-,20-,33?/m1/s1. The molecular weight excluding hydrogens is 487 g/mol. The second-order valence-corrected chi connectivity index (χ2v) is 13.1. The molecule has 2 heterocycles. The van der Waals surface area contributed by atoms with E-state index in [0.717, 1.165) is 0 Å². The fourth-order valence-electron chi connectivity index (χ4n) is 4.34. The number of nitrogens with one attached hydrogen (secondary N) is 1. The average molecular weight is 522 g/mol. The zero-order valence-corrected chi connectivity index (χ0v) is 22.3. The largest absolute Gasteiger partial charge is 0.598 e. The highest BCUT2D eigenvalue weighted by Gasteiger charge is 2.43.